The van der Waals surface area contributed by atoms with Gasteiger partial charge in [0.15, 0.2) is 0 Å². The minimum absolute atomic E-state index is 0.143. The van der Waals surface area contributed by atoms with E-state index in [1.165, 1.54) is 0 Å². The van der Waals surface area contributed by atoms with E-state index in [9.17, 15) is 5.11 Å². The van der Waals surface area contributed by atoms with Gasteiger partial charge in [-0.1, -0.05) is 59.8 Å². The standard InChI is InChI=1S/C28H29N3O3/c1-19-12-21(17-31(3)16-20(2)32)14-24(13-19)27-29-28(34-30-27)23-10-11-26(25(15-23)18-33-4)22-8-6-5-7-9-22/h5-15,32H,2,16-18H2,1,3-4H3. The van der Waals surface area contributed by atoms with Crippen molar-refractivity contribution in [2.75, 3.05) is 20.7 Å². The highest BCUT2D eigenvalue weighted by atomic mass is 16.5. The molecule has 0 saturated carbocycles. The van der Waals surface area contributed by atoms with Gasteiger partial charge in [0.1, 0.15) is 0 Å². The molecule has 0 bridgehead atoms. The lowest BCUT2D eigenvalue weighted by Gasteiger charge is -2.16. The number of aryl methyl sites for hydroxylation is 1. The minimum Gasteiger partial charge on any atom is -0.512 e. The Morgan fingerprint density at radius 3 is 2.56 bits per heavy atom. The third-order valence-corrected chi connectivity index (χ3v) is 5.46. The van der Waals surface area contributed by atoms with Crippen LogP contribution < -0.4 is 0 Å². The molecular weight excluding hydrogens is 426 g/mol. The molecule has 4 aromatic rings. The smallest absolute Gasteiger partial charge is 0.258 e. The van der Waals surface area contributed by atoms with Crippen LogP contribution in [0, 0.1) is 6.92 Å². The van der Waals surface area contributed by atoms with Crippen molar-refractivity contribution in [1.29, 1.82) is 0 Å². The molecule has 0 aliphatic carbocycles. The van der Waals surface area contributed by atoms with Gasteiger partial charge in [0.2, 0.25) is 5.82 Å². The summed E-state index contributed by atoms with van der Waals surface area (Å²) < 4.78 is 11.1. The summed E-state index contributed by atoms with van der Waals surface area (Å²) in [6.45, 7) is 7.17. The van der Waals surface area contributed by atoms with Gasteiger partial charge in [-0.15, -0.1) is 0 Å². The number of hydrogen-bond donors (Lipinski definition) is 1. The quantitative estimate of drug-likeness (QED) is 0.311. The van der Waals surface area contributed by atoms with Crippen LogP contribution in [-0.4, -0.2) is 40.8 Å². The molecule has 0 spiro atoms. The lowest BCUT2D eigenvalue weighted by Crippen LogP contribution is -2.20. The molecule has 0 amide bonds. The van der Waals surface area contributed by atoms with Gasteiger partial charge < -0.3 is 14.4 Å². The number of aliphatic hydroxyl groups is 1. The third-order valence-electron chi connectivity index (χ3n) is 5.46. The molecule has 174 valence electrons. The number of methoxy groups -OCH3 is 1. The Morgan fingerprint density at radius 1 is 1.03 bits per heavy atom. The van der Waals surface area contributed by atoms with Gasteiger partial charge in [-0.05, 0) is 60.5 Å². The summed E-state index contributed by atoms with van der Waals surface area (Å²) in [5.41, 5.74) is 7.23. The monoisotopic (exact) mass is 455 g/mol. The van der Waals surface area contributed by atoms with Crippen molar-refractivity contribution >= 4 is 0 Å². The van der Waals surface area contributed by atoms with Crippen LogP contribution in [0.3, 0.4) is 0 Å². The highest BCUT2D eigenvalue weighted by Crippen LogP contribution is 2.30. The summed E-state index contributed by atoms with van der Waals surface area (Å²) in [5, 5.41) is 13.7. The van der Waals surface area contributed by atoms with Crippen molar-refractivity contribution < 1.29 is 14.4 Å². The number of nitrogens with zero attached hydrogens (tertiary/aromatic N) is 3. The molecule has 0 aliphatic heterocycles. The number of ether oxygens (including phenoxy) is 1. The van der Waals surface area contributed by atoms with Gasteiger partial charge in [0, 0.05) is 24.8 Å². The average Bonchev–Trinajstić information content (AvgIpc) is 3.29. The van der Waals surface area contributed by atoms with E-state index < -0.39 is 0 Å². The largest absolute Gasteiger partial charge is 0.512 e. The fourth-order valence-electron chi connectivity index (χ4n) is 4.12. The molecule has 1 N–H and O–H groups in total. The number of benzene rings is 3. The van der Waals surface area contributed by atoms with E-state index in [1.807, 2.05) is 61.3 Å². The summed E-state index contributed by atoms with van der Waals surface area (Å²) in [4.78, 5) is 6.67. The predicted molar refractivity (Wildman–Crippen MR) is 134 cm³/mol. The first-order valence-corrected chi connectivity index (χ1v) is 11.1. The molecule has 0 aliphatic rings. The zero-order valence-electron chi connectivity index (χ0n) is 19.8. The van der Waals surface area contributed by atoms with Crippen molar-refractivity contribution in [3.63, 3.8) is 0 Å². The molecule has 34 heavy (non-hydrogen) atoms. The maximum absolute atomic E-state index is 9.46. The Hall–Kier alpha value is -3.74. The van der Waals surface area contributed by atoms with Crippen molar-refractivity contribution in [2.45, 2.75) is 20.1 Å². The van der Waals surface area contributed by atoms with Crippen LogP contribution in [0.1, 0.15) is 16.7 Å². The highest BCUT2D eigenvalue weighted by Gasteiger charge is 2.15. The predicted octanol–water partition coefficient (Wildman–Crippen LogP) is 6.03. The average molecular weight is 456 g/mol. The second kappa shape index (κ2) is 10.5. The first-order valence-electron chi connectivity index (χ1n) is 11.1. The van der Waals surface area contributed by atoms with Crippen LogP contribution in [0.25, 0.3) is 34.0 Å². The number of hydrogen-bond acceptors (Lipinski definition) is 6. The molecule has 4 rings (SSSR count). The molecule has 0 unspecified atom stereocenters. The van der Waals surface area contributed by atoms with Crippen molar-refractivity contribution in [3.05, 3.63) is 95.8 Å². The lowest BCUT2D eigenvalue weighted by atomic mass is 9.98. The zero-order chi connectivity index (χ0) is 24.1. The fourth-order valence-corrected chi connectivity index (χ4v) is 4.12. The van der Waals surface area contributed by atoms with E-state index in [1.54, 1.807) is 7.11 Å². The first kappa shape index (κ1) is 23.4. The van der Waals surface area contributed by atoms with Crippen LogP contribution in [0.4, 0.5) is 0 Å². The van der Waals surface area contributed by atoms with E-state index in [2.05, 4.69) is 41.0 Å². The van der Waals surface area contributed by atoms with Crippen molar-refractivity contribution in [3.8, 4) is 34.0 Å². The molecule has 1 heterocycles. The SMILES string of the molecule is C=C(O)CN(C)Cc1cc(C)cc(-c2noc(-c3ccc(-c4ccccc4)c(COC)c3)n2)c1. The van der Waals surface area contributed by atoms with Gasteiger partial charge in [-0.3, -0.25) is 4.90 Å². The first-order chi connectivity index (χ1) is 16.4. The summed E-state index contributed by atoms with van der Waals surface area (Å²) in [6.07, 6.45) is 0. The van der Waals surface area contributed by atoms with Crippen LogP contribution in [0.15, 0.2) is 83.6 Å². The van der Waals surface area contributed by atoms with Crippen LogP contribution in [-0.2, 0) is 17.9 Å². The van der Waals surface area contributed by atoms with Gasteiger partial charge in [-0.2, -0.15) is 4.98 Å². The Balaban J connectivity index is 1.62. The molecule has 0 radical (unpaired) electrons. The van der Waals surface area contributed by atoms with Crippen LogP contribution in [0.5, 0.6) is 0 Å². The van der Waals surface area contributed by atoms with E-state index >= 15 is 0 Å². The molecule has 1 aromatic heterocycles. The number of likely N-dealkylation sites (N-methyl/N-ethyl adjacent to an activating group) is 1. The number of rotatable bonds is 9. The molecular formula is C28H29N3O3. The Bertz CT molecular complexity index is 1280. The molecule has 0 atom stereocenters. The molecule has 0 fully saturated rings. The number of aliphatic hydroxyl groups excluding tert-OH is 1. The molecule has 6 nitrogen and oxygen atoms in total. The van der Waals surface area contributed by atoms with Crippen molar-refractivity contribution in [1.82, 2.24) is 15.0 Å². The zero-order valence-corrected chi connectivity index (χ0v) is 19.8. The molecule has 3 aromatic carbocycles. The van der Waals surface area contributed by atoms with E-state index in [4.69, 9.17) is 9.26 Å². The van der Waals surface area contributed by atoms with Crippen molar-refractivity contribution in [2.24, 2.45) is 0 Å². The topological polar surface area (TPSA) is 71.6 Å². The maximum Gasteiger partial charge on any atom is 0.258 e. The fraction of sp³-hybridized carbons (Fsp3) is 0.214. The number of aromatic nitrogens is 2. The molecule has 0 saturated heterocycles. The van der Waals surface area contributed by atoms with E-state index in [0.29, 0.717) is 31.4 Å². The van der Waals surface area contributed by atoms with Gasteiger partial charge in [0.25, 0.3) is 5.89 Å². The highest BCUT2D eigenvalue weighted by molar-refractivity contribution is 5.72. The third kappa shape index (κ3) is 5.60. The van der Waals surface area contributed by atoms with Crippen LogP contribution in [0.2, 0.25) is 0 Å². The second-order valence-corrected chi connectivity index (χ2v) is 8.54. The Labute approximate surface area is 200 Å². The maximum atomic E-state index is 9.46. The lowest BCUT2D eigenvalue weighted by molar-refractivity contribution is 0.185. The minimum atomic E-state index is 0.143. The van der Waals surface area contributed by atoms with Gasteiger partial charge >= 0.3 is 0 Å². The van der Waals surface area contributed by atoms with E-state index in [-0.39, 0.29) is 5.76 Å². The Kier molecular flexibility index (Phi) is 7.21. The Morgan fingerprint density at radius 2 is 1.82 bits per heavy atom. The molecule has 6 heteroatoms. The second-order valence-electron chi connectivity index (χ2n) is 8.54. The summed E-state index contributed by atoms with van der Waals surface area (Å²) in [5.74, 6) is 1.14. The van der Waals surface area contributed by atoms with Gasteiger partial charge in [0.05, 0.1) is 18.9 Å². The van der Waals surface area contributed by atoms with Crippen LogP contribution >= 0.6 is 0 Å². The summed E-state index contributed by atoms with van der Waals surface area (Å²) >= 11 is 0. The summed E-state index contributed by atoms with van der Waals surface area (Å²) in [6, 6.07) is 22.5. The van der Waals surface area contributed by atoms with Gasteiger partial charge in [-0.25, -0.2) is 0 Å². The van der Waals surface area contributed by atoms with E-state index in [0.717, 1.165) is 38.9 Å². The summed E-state index contributed by atoms with van der Waals surface area (Å²) in [7, 11) is 3.63. The normalized spacial score (nSPS) is 11.2.